The number of rotatable bonds is 5. The smallest absolute Gasteiger partial charge is 0.317 e. The van der Waals surface area contributed by atoms with Crippen molar-refractivity contribution in [1.29, 1.82) is 5.26 Å². The van der Waals surface area contributed by atoms with E-state index < -0.39 is 0 Å². The Morgan fingerprint density at radius 2 is 1.81 bits per heavy atom. The largest absolute Gasteiger partial charge is 0.496 e. The molecule has 0 bridgehead atoms. The van der Waals surface area contributed by atoms with Crippen LogP contribution in [0.15, 0.2) is 48.5 Å². The Kier molecular flexibility index (Phi) is 6.29. The van der Waals surface area contributed by atoms with Gasteiger partial charge in [0.15, 0.2) is 0 Å². The lowest BCUT2D eigenvalue weighted by molar-refractivity contribution is 0.135. The number of hydrogen-bond donors (Lipinski definition) is 1. The van der Waals surface area contributed by atoms with E-state index in [4.69, 9.17) is 10.00 Å². The first-order valence-corrected chi connectivity index (χ1v) is 9.05. The first kappa shape index (κ1) is 18.7. The molecule has 27 heavy (non-hydrogen) atoms. The van der Waals surface area contributed by atoms with Crippen LogP contribution < -0.4 is 10.1 Å². The van der Waals surface area contributed by atoms with Gasteiger partial charge in [-0.2, -0.15) is 5.26 Å². The van der Waals surface area contributed by atoms with Gasteiger partial charge in [-0.05, 0) is 23.8 Å². The van der Waals surface area contributed by atoms with E-state index in [2.05, 4.69) is 16.3 Å². The third-order valence-electron chi connectivity index (χ3n) is 4.77. The Bertz CT molecular complexity index is 806. The molecule has 1 fully saturated rings. The number of nitrogens with one attached hydrogen (secondary N) is 1. The highest BCUT2D eigenvalue weighted by Crippen LogP contribution is 2.17. The molecule has 0 aliphatic carbocycles. The van der Waals surface area contributed by atoms with Crippen LogP contribution in [0, 0.1) is 11.3 Å². The quantitative estimate of drug-likeness (QED) is 0.885. The lowest BCUT2D eigenvalue weighted by Crippen LogP contribution is -2.51. The van der Waals surface area contributed by atoms with Crippen LogP contribution in [0.2, 0.25) is 0 Å². The predicted octanol–water partition coefficient (Wildman–Crippen LogP) is 2.59. The van der Waals surface area contributed by atoms with E-state index in [0.29, 0.717) is 25.2 Å². The van der Waals surface area contributed by atoms with Gasteiger partial charge >= 0.3 is 6.03 Å². The molecule has 1 heterocycles. The number of urea groups is 1. The molecule has 1 saturated heterocycles. The maximum absolute atomic E-state index is 12.4. The number of amides is 2. The molecular weight excluding hydrogens is 340 g/mol. The van der Waals surface area contributed by atoms with Gasteiger partial charge in [0.2, 0.25) is 0 Å². The molecule has 0 atom stereocenters. The summed E-state index contributed by atoms with van der Waals surface area (Å²) in [5, 5.41) is 11.8. The van der Waals surface area contributed by atoms with Crippen LogP contribution in [-0.2, 0) is 13.1 Å². The molecule has 6 heteroatoms. The lowest BCUT2D eigenvalue weighted by Gasteiger charge is -2.34. The number of para-hydroxylation sites is 1. The summed E-state index contributed by atoms with van der Waals surface area (Å²) in [4.78, 5) is 16.6. The summed E-state index contributed by atoms with van der Waals surface area (Å²) in [6.45, 7) is 4.36. The highest BCUT2D eigenvalue weighted by molar-refractivity contribution is 5.74. The minimum Gasteiger partial charge on any atom is -0.496 e. The average Bonchev–Trinajstić information content (AvgIpc) is 2.73. The number of ether oxygens (including phenoxy) is 1. The highest BCUT2D eigenvalue weighted by Gasteiger charge is 2.21. The van der Waals surface area contributed by atoms with Gasteiger partial charge in [0, 0.05) is 44.8 Å². The van der Waals surface area contributed by atoms with Crippen molar-refractivity contribution < 1.29 is 9.53 Å². The molecule has 0 saturated carbocycles. The number of nitriles is 1. The van der Waals surface area contributed by atoms with E-state index in [9.17, 15) is 4.79 Å². The average molecular weight is 364 g/mol. The van der Waals surface area contributed by atoms with Crippen molar-refractivity contribution >= 4 is 6.03 Å². The minimum absolute atomic E-state index is 0.0427. The van der Waals surface area contributed by atoms with E-state index >= 15 is 0 Å². The summed E-state index contributed by atoms with van der Waals surface area (Å²) in [6.07, 6.45) is 0. The Morgan fingerprint density at radius 3 is 2.48 bits per heavy atom. The fraction of sp³-hybridized carbons (Fsp3) is 0.333. The van der Waals surface area contributed by atoms with Crippen molar-refractivity contribution in [2.75, 3.05) is 33.3 Å². The van der Waals surface area contributed by atoms with Crippen LogP contribution in [0.4, 0.5) is 4.79 Å². The Balaban J connectivity index is 1.45. The van der Waals surface area contributed by atoms with Crippen LogP contribution in [0.3, 0.4) is 0 Å². The molecule has 1 N–H and O–H groups in total. The summed E-state index contributed by atoms with van der Waals surface area (Å²) in [7, 11) is 1.63. The van der Waals surface area contributed by atoms with E-state index in [1.165, 1.54) is 5.56 Å². The zero-order chi connectivity index (χ0) is 19.1. The van der Waals surface area contributed by atoms with E-state index in [1.54, 1.807) is 7.11 Å². The lowest BCUT2D eigenvalue weighted by atomic mass is 10.1. The molecule has 3 rings (SSSR count). The SMILES string of the molecule is COc1ccccc1CNC(=O)N1CCN(Cc2ccc(C#N)cc2)CC1. The van der Waals surface area contributed by atoms with E-state index in [1.807, 2.05) is 53.4 Å². The molecule has 6 nitrogen and oxygen atoms in total. The van der Waals surface area contributed by atoms with Crippen LogP contribution in [0.25, 0.3) is 0 Å². The van der Waals surface area contributed by atoms with Gasteiger partial charge < -0.3 is 15.0 Å². The number of methoxy groups -OCH3 is 1. The zero-order valence-corrected chi connectivity index (χ0v) is 15.5. The Morgan fingerprint density at radius 1 is 1.11 bits per heavy atom. The fourth-order valence-electron chi connectivity index (χ4n) is 3.18. The number of carbonyl (C=O) groups excluding carboxylic acids is 1. The molecule has 1 aliphatic rings. The maximum atomic E-state index is 12.4. The summed E-state index contributed by atoms with van der Waals surface area (Å²) in [5.41, 5.74) is 2.83. The standard InChI is InChI=1S/C21H24N4O2/c1-27-20-5-3-2-4-19(20)15-23-21(26)25-12-10-24(11-13-25)16-18-8-6-17(14-22)7-9-18/h2-9H,10-13,15-16H2,1H3,(H,23,26). The monoisotopic (exact) mass is 364 g/mol. The first-order chi connectivity index (χ1) is 13.2. The second-order valence-corrected chi connectivity index (χ2v) is 6.54. The van der Waals surface area contributed by atoms with E-state index in [-0.39, 0.29) is 6.03 Å². The second-order valence-electron chi connectivity index (χ2n) is 6.54. The van der Waals surface area contributed by atoms with Crippen molar-refractivity contribution in [1.82, 2.24) is 15.1 Å². The summed E-state index contributed by atoms with van der Waals surface area (Å²) >= 11 is 0. The van der Waals surface area contributed by atoms with Gasteiger partial charge in [-0.15, -0.1) is 0 Å². The van der Waals surface area contributed by atoms with Crippen LogP contribution in [-0.4, -0.2) is 49.1 Å². The van der Waals surface area contributed by atoms with Gasteiger partial charge in [0.1, 0.15) is 5.75 Å². The molecular formula is C21H24N4O2. The van der Waals surface area contributed by atoms with Crippen LogP contribution in [0.1, 0.15) is 16.7 Å². The number of carbonyl (C=O) groups is 1. The summed E-state index contributed by atoms with van der Waals surface area (Å²) in [5.74, 6) is 0.782. The number of benzene rings is 2. The maximum Gasteiger partial charge on any atom is 0.317 e. The molecule has 0 aromatic heterocycles. The van der Waals surface area contributed by atoms with Crippen molar-refractivity contribution in [2.24, 2.45) is 0 Å². The van der Waals surface area contributed by atoms with Gasteiger partial charge in [0.25, 0.3) is 0 Å². The number of nitrogens with zero attached hydrogens (tertiary/aromatic N) is 3. The topological polar surface area (TPSA) is 68.6 Å². The third kappa shape index (κ3) is 4.99. The van der Waals surface area contributed by atoms with Crippen LogP contribution in [0.5, 0.6) is 5.75 Å². The Hall–Kier alpha value is -3.04. The molecule has 0 radical (unpaired) electrons. The fourth-order valence-corrected chi connectivity index (χ4v) is 3.18. The first-order valence-electron chi connectivity index (χ1n) is 9.05. The second kappa shape index (κ2) is 9.06. The van der Waals surface area contributed by atoms with Crippen molar-refractivity contribution in [2.45, 2.75) is 13.1 Å². The van der Waals surface area contributed by atoms with Crippen LogP contribution >= 0.6 is 0 Å². The molecule has 140 valence electrons. The molecule has 0 spiro atoms. The van der Waals surface area contributed by atoms with Gasteiger partial charge in [-0.25, -0.2) is 4.79 Å². The molecule has 0 unspecified atom stereocenters. The third-order valence-corrected chi connectivity index (χ3v) is 4.77. The van der Waals surface area contributed by atoms with Gasteiger partial charge in [-0.1, -0.05) is 30.3 Å². The zero-order valence-electron chi connectivity index (χ0n) is 15.5. The van der Waals surface area contributed by atoms with Gasteiger partial charge in [0.05, 0.1) is 18.7 Å². The highest BCUT2D eigenvalue weighted by atomic mass is 16.5. The van der Waals surface area contributed by atoms with Gasteiger partial charge in [-0.3, -0.25) is 4.90 Å². The molecule has 1 aliphatic heterocycles. The van der Waals surface area contributed by atoms with Crippen molar-refractivity contribution in [3.8, 4) is 11.8 Å². The molecule has 2 aromatic rings. The van der Waals surface area contributed by atoms with E-state index in [0.717, 1.165) is 30.9 Å². The minimum atomic E-state index is -0.0427. The molecule has 2 aromatic carbocycles. The summed E-state index contributed by atoms with van der Waals surface area (Å²) < 4.78 is 5.32. The van der Waals surface area contributed by atoms with Crippen molar-refractivity contribution in [3.05, 3.63) is 65.2 Å². The predicted molar refractivity (Wildman–Crippen MR) is 103 cm³/mol. The summed E-state index contributed by atoms with van der Waals surface area (Å²) in [6, 6.07) is 17.5. The molecule has 2 amide bonds. The van der Waals surface area contributed by atoms with Crippen molar-refractivity contribution in [3.63, 3.8) is 0 Å². The Labute approximate surface area is 160 Å². The normalized spacial score (nSPS) is 14.4. The number of hydrogen-bond acceptors (Lipinski definition) is 4. The number of piperazine rings is 1.